The Morgan fingerprint density at radius 1 is 0.818 bits per heavy atom. The van der Waals surface area contributed by atoms with E-state index in [2.05, 4.69) is 16.0 Å². The van der Waals surface area contributed by atoms with E-state index in [1.54, 1.807) is 79.7 Å². The average Bonchev–Trinajstić information content (AvgIpc) is 3.00. The van der Waals surface area contributed by atoms with Gasteiger partial charge in [0, 0.05) is 21.8 Å². The summed E-state index contributed by atoms with van der Waals surface area (Å²) in [6.07, 6.45) is 1.44. The average molecular weight is 670 g/mol. The Balaban J connectivity index is 1.43. The van der Waals surface area contributed by atoms with E-state index in [-0.39, 0.29) is 21.5 Å². The number of primary sulfonamides is 1. The zero-order valence-corrected chi connectivity index (χ0v) is 26.2. The molecule has 44 heavy (non-hydrogen) atoms. The number of hydrogen-bond acceptors (Lipinski definition) is 6. The summed E-state index contributed by atoms with van der Waals surface area (Å²) >= 11 is 13.8. The zero-order valence-electron chi connectivity index (χ0n) is 23.1. The van der Waals surface area contributed by atoms with Gasteiger partial charge in [0.2, 0.25) is 15.9 Å². The van der Waals surface area contributed by atoms with E-state index in [4.69, 9.17) is 28.3 Å². The highest BCUT2D eigenvalue weighted by molar-refractivity contribution is 8.00. The van der Waals surface area contributed by atoms with Crippen LogP contribution in [0.2, 0.25) is 10.0 Å². The SMILES string of the molecule is CC(Sc1ccc(NC(=O)/C(=C/c2cccc(Cl)c2Cl)NC(=O)c2ccccc2)cc1)C(=O)Nc1ccc(S(N)(=O)=O)cc1. The van der Waals surface area contributed by atoms with E-state index in [1.165, 1.54) is 42.1 Å². The van der Waals surface area contributed by atoms with Crippen LogP contribution in [0.3, 0.4) is 0 Å². The van der Waals surface area contributed by atoms with Crippen LogP contribution in [0.1, 0.15) is 22.8 Å². The third-order valence-electron chi connectivity index (χ3n) is 6.05. The Morgan fingerprint density at radius 3 is 2.07 bits per heavy atom. The zero-order chi connectivity index (χ0) is 31.9. The molecule has 226 valence electrons. The molecular weight excluding hydrogens is 643 g/mol. The first kappa shape index (κ1) is 32.8. The highest BCUT2D eigenvalue weighted by atomic mass is 35.5. The number of sulfonamides is 1. The number of carbonyl (C=O) groups excluding carboxylic acids is 3. The Kier molecular flexibility index (Phi) is 10.8. The molecule has 4 rings (SSSR count). The van der Waals surface area contributed by atoms with Crippen LogP contribution in [-0.2, 0) is 19.6 Å². The third kappa shape index (κ3) is 8.94. The minimum Gasteiger partial charge on any atom is -0.325 e. The van der Waals surface area contributed by atoms with Crippen LogP contribution in [-0.4, -0.2) is 31.4 Å². The van der Waals surface area contributed by atoms with Crippen molar-refractivity contribution < 1.29 is 22.8 Å². The number of halogens is 2. The molecule has 0 aliphatic rings. The van der Waals surface area contributed by atoms with Gasteiger partial charge in [-0.05, 0) is 85.3 Å². The van der Waals surface area contributed by atoms with Gasteiger partial charge in [-0.1, -0.05) is 53.5 Å². The predicted octanol–water partition coefficient (Wildman–Crippen LogP) is 6.17. The smallest absolute Gasteiger partial charge is 0.272 e. The first-order valence-electron chi connectivity index (χ1n) is 12.9. The maximum Gasteiger partial charge on any atom is 0.272 e. The Bertz CT molecular complexity index is 1820. The minimum absolute atomic E-state index is 0.0520. The molecule has 0 aliphatic heterocycles. The van der Waals surface area contributed by atoms with Crippen molar-refractivity contribution in [2.24, 2.45) is 5.14 Å². The summed E-state index contributed by atoms with van der Waals surface area (Å²) in [4.78, 5) is 39.6. The fourth-order valence-electron chi connectivity index (χ4n) is 3.77. The van der Waals surface area contributed by atoms with Gasteiger partial charge in [0.1, 0.15) is 5.70 Å². The van der Waals surface area contributed by atoms with Gasteiger partial charge in [-0.25, -0.2) is 13.6 Å². The van der Waals surface area contributed by atoms with Crippen LogP contribution >= 0.6 is 35.0 Å². The fourth-order valence-corrected chi connectivity index (χ4v) is 5.52. The van der Waals surface area contributed by atoms with Crippen LogP contribution < -0.4 is 21.1 Å². The van der Waals surface area contributed by atoms with Crippen molar-refractivity contribution in [2.75, 3.05) is 10.6 Å². The van der Waals surface area contributed by atoms with Crippen molar-refractivity contribution in [2.45, 2.75) is 22.0 Å². The molecule has 0 spiro atoms. The summed E-state index contributed by atoms with van der Waals surface area (Å²) in [5, 5.41) is 13.3. The van der Waals surface area contributed by atoms with Crippen LogP contribution in [0.15, 0.2) is 113 Å². The van der Waals surface area contributed by atoms with Crippen LogP contribution in [0.5, 0.6) is 0 Å². The van der Waals surface area contributed by atoms with Gasteiger partial charge >= 0.3 is 0 Å². The number of nitrogens with one attached hydrogen (secondary N) is 3. The first-order chi connectivity index (χ1) is 20.9. The van der Waals surface area contributed by atoms with Crippen molar-refractivity contribution in [3.05, 3.63) is 124 Å². The second kappa shape index (κ2) is 14.6. The van der Waals surface area contributed by atoms with Gasteiger partial charge < -0.3 is 16.0 Å². The van der Waals surface area contributed by atoms with Gasteiger partial charge in [-0.3, -0.25) is 14.4 Å². The molecule has 4 aromatic carbocycles. The van der Waals surface area contributed by atoms with E-state index in [1.807, 2.05) is 0 Å². The number of thioether (sulfide) groups is 1. The van der Waals surface area contributed by atoms with Crippen LogP contribution in [0.4, 0.5) is 11.4 Å². The molecule has 0 radical (unpaired) electrons. The quantitative estimate of drug-likeness (QED) is 0.117. The summed E-state index contributed by atoms with van der Waals surface area (Å²) in [6, 6.07) is 25.8. The van der Waals surface area contributed by atoms with E-state index in [0.29, 0.717) is 27.5 Å². The first-order valence-corrected chi connectivity index (χ1v) is 16.1. The number of nitrogens with two attached hydrogens (primary N) is 1. The Morgan fingerprint density at radius 2 is 1.43 bits per heavy atom. The van der Waals surface area contributed by atoms with Crippen molar-refractivity contribution in [1.29, 1.82) is 0 Å². The van der Waals surface area contributed by atoms with Gasteiger partial charge in [0.15, 0.2) is 0 Å². The number of benzene rings is 4. The van der Waals surface area contributed by atoms with Crippen LogP contribution in [0, 0.1) is 0 Å². The van der Waals surface area contributed by atoms with E-state index < -0.39 is 27.1 Å². The molecule has 0 fully saturated rings. The number of anilines is 2. The molecule has 1 unspecified atom stereocenters. The third-order valence-corrected chi connectivity index (χ3v) is 8.93. The molecule has 9 nitrogen and oxygen atoms in total. The van der Waals surface area contributed by atoms with Gasteiger partial charge in [0.05, 0.1) is 20.2 Å². The summed E-state index contributed by atoms with van der Waals surface area (Å²) in [6.45, 7) is 1.72. The monoisotopic (exact) mass is 668 g/mol. The molecule has 0 aromatic heterocycles. The standard InChI is InChI=1S/C31H26Cl2N4O5S2/c1-19(29(38)35-23-12-16-25(17-13-23)44(34,41)42)43-24-14-10-22(11-15-24)36-31(40)27(18-21-8-5-9-26(32)28(21)33)37-30(39)20-6-3-2-4-7-20/h2-19H,1H3,(H,35,38)(H,36,40)(H,37,39)(H2,34,41,42)/b27-18-. The highest BCUT2D eigenvalue weighted by Gasteiger charge is 2.18. The predicted molar refractivity (Wildman–Crippen MR) is 175 cm³/mol. The normalized spacial score (nSPS) is 12.2. The van der Waals surface area contributed by atoms with Gasteiger partial charge in [-0.2, -0.15) is 0 Å². The summed E-state index contributed by atoms with van der Waals surface area (Å²) in [7, 11) is -3.83. The number of amides is 3. The topological polar surface area (TPSA) is 147 Å². The lowest BCUT2D eigenvalue weighted by atomic mass is 10.1. The van der Waals surface area contributed by atoms with Gasteiger partial charge in [-0.15, -0.1) is 11.8 Å². The number of carbonyl (C=O) groups is 3. The van der Waals surface area contributed by atoms with Crippen molar-refractivity contribution >= 4 is 80.2 Å². The fraction of sp³-hybridized carbons (Fsp3) is 0.0645. The lowest BCUT2D eigenvalue weighted by Gasteiger charge is -2.14. The molecule has 0 bridgehead atoms. The maximum absolute atomic E-state index is 13.3. The van der Waals surface area contributed by atoms with E-state index in [9.17, 15) is 22.8 Å². The van der Waals surface area contributed by atoms with E-state index in [0.717, 1.165) is 4.90 Å². The largest absolute Gasteiger partial charge is 0.325 e. The minimum atomic E-state index is -3.83. The molecule has 0 saturated heterocycles. The maximum atomic E-state index is 13.3. The Hall–Kier alpha value is -4.13. The molecule has 0 aliphatic carbocycles. The van der Waals surface area contributed by atoms with E-state index >= 15 is 0 Å². The number of hydrogen-bond donors (Lipinski definition) is 4. The summed E-state index contributed by atoms with van der Waals surface area (Å²) in [5.74, 6) is -1.37. The molecule has 0 heterocycles. The molecule has 1 atom stereocenters. The second-order valence-electron chi connectivity index (χ2n) is 9.32. The molecule has 5 N–H and O–H groups in total. The number of rotatable bonds is 10. The highest BCUT2D eigenvalue weighted by Crippen LogP contribution is 2.28. The molecular formula is C31H26Cl2N4O5S2. The second-order valence-corrected chi connectivity index (χ2v) is 13.1. The molecule has 13 heteroatoms. The molecule has 0 saturated carbocycles. The van der Waals surface area contributed by atoms with Crippen molar-refractivity contribution in [1.82, 2.24) is 5.32 Å². The lowest BCUT2D eigenvalue weighted by Crippen LogP contribution is -2.30. The molecule has 3 amide bonds. The van der Waals surface area contributed by atoms with Gasteiger partial charge in [0.25, 0.3) is 11.8 Å². The summed E-state index contributed by atoms with van der Waals surface area (Å²) in [5.41, 5.74) is 1.63. The van der Waals surface area contributed by atoms with Crippen LogP contribution in [0.25, 0.3) is 6.08 Å². The molecule has 4 aromatic rings. The Labute approximate surface area is 268 Å². The van der Waals surface area contributed by atoms with Crippen molar-refractivity contribution in [3.8, 4) is 0 Å². The van der Waals surface area contributed by atoms with Crippen molar-refractivity contribution in [3.63, 3.8) is 0 Å². The lowest BCUT2D eigenvalue weighted by molar-refractivity contribution is -0.115. The summed E-state index contributed by atoms with van der Waals surface area (Å²) < 4.78 is 22.8.